The first-order valence-electron chi connectivity index (χ1n) is 10.6. The van der Waals surface area contributed by atoms with Crippen molar-refractivity contribution < 1.29 is 27.6 Å². The SMILES string of the molecule is COc1ccc(Cl)c(NC(=O)c2cc3ccccc3c(N=Nc3ccc(S(=O)(=O)O)c(C)c3Cl)c2O)c1. The number of hydrogen-bond donors (Lipinski definition) is 3. The summed E-state index contributed by atoms with van der Waals surface area (Å²) in [6.07, 6.45) is 0. The van der Waals surface area contributed by atoms with Gasteiger partial charge in [0.1, 0.15) is 17.1 Å². The number of hydrogen-bond acceptors (Lipinski definition) is 7. The number of methoxy groups -OCH3 is 1. The molecule has 190 valence electrons. The number of anilines is 1. The number of phenolic OH excluding ortho intramolecular Hbond substituents is 1. The van der Waals surface area contributed by atoms with Crippen LogP contribution in [0.15, 0.2) is 75.8 Å². The van der Waals surface area contributed by atoms with Gasteiger partial charge in [-0.2, -0.15) is 8.42 Å². The molecule has 0 heterocycles. The van der Waals surface area contributed by atoms with E-state index in [1.54, 1.807) is 42.5 Å². The molecule has 0 aromatic heterocycles. The molecule has 9 nitrogen and oxygen atoms in total. The van der Waals surface area contributed by atoms with Crippen LogP contribution in [0.1, 0.15) is 15.9 Å². The smallest absolute Gasteiger partial charge is 0.294 e. The first-order chi connectivity index (χ1) is 17.5. The van der Waals surface area contributed by atoms with Crippen LogP contribution in [-0.2, 0) is 10.1 Å². The lowest BCUT2D eigenvalue weighted by Gasteiger charge is -2.13. The van der Waals surface area contributed by atoms with Crippen molar-refractivity contribution in [2.45, 2.75) is 11.8 Å². The Kier molecular flexibility index (Phi) is 7.37. The molecule has 0 spiro atoms. The maximum Gasteiger partial charge on any atom is 0.294 e. The highest BCUT2D eigenvalue weighted by Gasteiger charge is 2.21. The zero-order chi connectivity index (χ0) is 26.9. The van der Waals surface area contributed by atoms with Crippen molar-refractivity contribution in [2.24, 2.45) is 10.2 Å². The molecule has 4 aromatic carbocycles. The quantitative estimate of drug-likeness (QED) is 0.170. The third kappa shape index (κ3) is 5.37. The number of azo groups is 1. The number of rotatable bonds is 6. The third-order valence-electron chi connectivity index (χ3n) is 5.51. The predicted molar refractivity (Wildman–Crippen MR) is 142 cm³/mol. The standard InChI is InChI=1S/C25H19Cl2N3O6S/c1-13-21(37(33,34)35)10-9-19(22(13)27)29-30-23-16-6-4-3-5-14(16)11-17(24(23)31)25(32)28-20-12-15(36-2)7-8-18(20)26/h3-12,31H,1-2H3,(H,28,32)(H,33,34,35). The molecule has 0 saturated carbocycles. The normalized spacial score (nSPS) is 11.7. The van der Waals surface area contributed by atoms with E-state index < -0.39 is 21.8 Å². The van der Waals surface area contributed by atoms with E-state index in [1.807, 2.05) is 0 Å². The minimum atomic E-state index is -4.48. The third-order valence-corrected chi connectivity index (χ3v) is 7.32. The van der Waals surface area contributed by atoms with Crippen LogP contribution in [0.3, 0.4) is 0 Å². The molecule has 37 heavy (non-hydrogen) atoms. The van der Waals surface area contributed by atoms with Gasteiger partial charge in [0.05, 0.1) is 33.3 Å². The van der Waals surface area contributed by atoms with E-state index >= 15 is 0 Å². The Bertz CT molecular complexity index is 1690. The average molecular weight is 560 g/mol. The molecular weight excluding hydrogens is 541 g/mol. The summed E-state index contributed by atoms with van der Waals surface area (Å²) < 4.78 is 37.6. The number of nitrogens with one attached hydrogen (secondary N) is 1. The summed E-state index contributed by atoms with van der Waals surface area (Å²) >= 11 is 12.5. The highest BCUT2D eigenvalue weighted by Crippen LogP contribution is 2.41. The Labute approximate surface area is 222 Å². The zero-order valence-electron chi connectivity index (χ0n) is 19.4. The van der Waals surface area contributed by atoms with Crippen LogP contribution in [0, 0.1) is 6.92 Å². The van der Waals surface area contributed by atoms with E-state index in [-0.39, 0.29) is 43.1 Å². The molecule has 3 N–H and O–H groups in total. The van der Waals surface area contributed by atoms with Crippen molar-refractivity contribution in [1.82, 2.24) is 0 Å². The Morgan fingerprint density at radius 2 is 1.76 bits per heavy atom. The molecule has 0 aliphatic carbocycles. The van der Waals surface area contributed by atoms with Gasteiger partial charge in [-0.15, -0.1) is 10.2 Å². The Balaban J connectivity index is 1.79. The number of fused-ring (bicyclic) bond motifs is 1. The van der Waals surface area contributed by atoms with E-state index in [0.29, 0.717) is 16.5 Å². The van der Waals surface area contributed by atoms with Crippen LogP contribution in [0.25, 0.3) is 10.8 Å². The molecule has 0 atom stereocenters. The van der Waals surface area contributed by atoms with E-state index in [9.17, 15) is 22.9 Å². The highest BCUT2D eigenvalue weighted by atomic mass is 35.5. The monoisotopic (exact) mass is 559 g/mol. The second-order valence-corrected chi connectivity index (χ2v) is 10.0. The zero-order valence-corrected chi connectivity index (χ0v) is 21.7. The Hall–Kier alpha value is -3.70. The van der Waals surface area contributed by atoms with Crippen LogP contribution < -0.4 is 10.1 Å². The van der Waals surface area contributed by atoms with E-state index in [2.05, 4.69) is 15.5 Å². The van der Waals surface area contributed by atoms with Crippen LogP contribution in [-0.4, -0.2) is 31.1 Å². The number of amides is 1. The second kappa shape index (κ2) is 10.3. The van der Waals surface area contributed by atoms with E-state index in [0.717, 1.165) is 6.07 Å². The van der Waals surface area contributed by atoms with Gasteiger partial charge in [0.2, 0.25) is 0 Å². The fraction of sp³-hybridized carbons (Fsp3) is 0.0800. The van der Waals surface area contributed by atoms with Crippen molar-refractivity contribution in [3.63, 3.8) is 0 Å². The first kappa shape index (κ1) is 26.4. The largest absolute Gasteiger partial charge is 0.505 e. The van der Waals surface area contributed by atoms with Gasteiger partial charge in [0.15, 0.2) is 5.75 Å². The summed E-state index contributed by atoms with van der Waals surface area (Å²) in [4.78, 5) is 12.8. The number of halogens is 2. The molecule has 0 saturated heterocycles. The topological polar surface area (TPSA) is 138 Å². The maximum atomic E-state index is 13.1. The van der Waals surface area contributed by atoms with Crippen molar-refractivity contribution in [3.8, 4) is 11.5 Å². The summed E-state index contributed by atoms with van der Waals surface area (Å²) in [5.41, 5.74) is 0.358. The van der Waals surface area contributed by atoms with Crippen LogP contribution in [0.5, 0.6) is 11.5 Å². The second-order valence-electron chi connectivity index (χ2n) is 7.84. The van der Waals surface area contributed by atoms with Gasteiger partial charge in [-0.05, 0) is 48.2 Å². The molecule has 0 bridgehead atoms. The lowest BCUT2D eigenvalue weighted by atomic mass is 10.0. The van der Waals surface area contributed by atoms with E-state index in [4.69, 9.17) is 27.9 Å². The number of phenols is 1. The van der Waals surface area contributed by atoms with Crippen LogP contribution in [0.4, 0.5) is 17.1 Å². The number of benzene rings is 4. The average Bonchev–Trinajstić information content (AvgIpc) is 2.86. The van der Waals surface area contributed by atoms with Gasteiger partial charge in [-0.25, -0.2) is 0 Å². The molecule has 4 aromatic rings. The fourth-order valence-corrected chi connectivity index (χ4v) is 4.77. The minimum absolute atomic E-state index is 0.00688. The predicted octanol–water partition coefficient (Wildman–Crippen LogP) is 7.08. The summed E-state index contributed by atoms with van der Waals surface area (Å²) in [5.74, 6) is -0.619. The number of aromatic hydroxyl groups is 1. The lowest BCUT2D eigenvalue weighted by Crippen LogP contribution is -2.12. The summed E-state index contributed by atoms with van der Waals surface area (Å²) in [5, 5.41) is 23.2. The Morgan fingerprint density at radius 3 is 2.46 bits per heavy atom. The molecule has 1 amide bonds. The number of ether oxygens (including phenoxy) is 1. The van der Waals surface area contributed by atoms with Gasteiger partial charge >= 0.3 is 0 Å². The molecular formula is C25H19Cl2N3O6S. The van der Waals surface area contributed by atoms with Gasteiger partial charge in [-0.1, -0.05) is 47.5 Å². The van der Waals surface area contributed by atoms with Crippen LogP contribution in [0.2, 0.25) is 10.0 Å². The summed E-state index contributed by atoms with van der Waals surface area (Å²) in [6, 6.07) is 15.6. The highest BCUT2D eigenvalue weighted by molar-refractivity contribution is 7.85. The lowest BCUT2D eigenvalue weighted by molar-refractivity contribution is 0.102. The Morgan fingerprint density at radius 1 is 1.03 bits per heavy atom. The van der Waals surface area contributed by atoms with Gasteiger partial charge in [-0.3, -0.25) is 9.35 Å². The molecule has 12 heteroatoms. The number of carbonyl (C=O) groups excluding carboxylic acids is 1. The number of carbonyl (C=O) groups is 1. The minimum Gasteiger partial charge on any atom is -0.505 e. The van der Waals surface area contributed by atoms with Crippen molar-refractivity contribution in [3.05, 3.63) is 81.8 Å². The molecule has 0 radical (unpaired) electrons. The summed E-state index contributed by atoms with van der Waals surface area (Å²) in [7, 11) is -3.00. The van der Waals surface area contributed by atoms with Gasteiger partial charge in [0, 0.05) is 11.5 Å². The molecule has 0 aliphatic rings. The van der Waals surface area contributed by atoms with Crippen LogP contribution >= 0.6 is 23.2 Å². The van der Waals surface area contributed by atoms with Crippen molar-refractivity contribution >= 4 is 67.1 Å². The van der Waals surface area contributed by atoms with E-state index in [1.165, 1.54) is 26.2 Å². The van der Waals surface area contributed by atoms with Gasteiger partial charge in [0.25, 0.3) is 16.0 Å². The maximum absolute atomic E-state index is 13.1. The molecule has 4 rings (SSSR count). The van der Waals surface area contributed by atoms with Crippen molar-refractivity contribution in [1.29, 1.82) is 0 Å². The van der Waals surface area contributed by atoms with Gasteiger partial charge < -0.3 is 15.2 Å². The summed E-state index contributed by atoms with van der Waals surface area (Å²) in [6.45, 7) is 1.41. The number of nitrogens with zero attached hydrogens (tertiary/aromatic N) is 2. The molecule has 0 unspecified atom stereocenters. The molecule has 0 fully saturated rings. The fourth-order valence-electron chi connectivity index (χ4n) is 3.62. The van der Waals surface area contributed by atoms with Crippen molar-refractivity contribution in [2.75, 3.05) is 12.4 Å². The first-order valence-corrected chi connectivity index (χ1v) is 12.8. The molecule has 0 aliphatic heterocycles.